The molecule has 0 aromatic heterocycles. The highest BCUT2D eigenvalue weighted by atomic mass is 16.6. The van der Waals surface area contributed by atoms with Crippen molar-refractivity contribution in [3.8, 4) is 0 Å². The van der Waals surface area contributed by atoms with E-state index in [1.54, 1.807) is 17.0 Å². The van der Waals surface area contributed by atoms with Crippen LogP contribution in [-0.4, -0.2) is 71.7 Å². The molecule has 3 fully saturated rings. The fourth-order valence-electron chi connectivity index (χ4n) is 6.04. The number of benzene rings is 2. The van der Waals surface area contributed by atoms with Gasteiger partial charge in [0, 0.05) is 38.3 Å². The largest absolute Gasteiger partial charge is 0.445 e. The van der Waals surface area contributed by atoms with Crippen LogP contribution in [0.4, 0.5) is 10.5 Å². The SMILES string of the molecule is O=C1CCC(N2C(=O)c3ccc(N4CC(C5CCN(C(=O)OCc6ccccc6)CC5)C4)cc3C2=O)C(=O)N1. The maximum absolute atomic E-state index is 13.1. The zero-order chi connectivity index (χ0) is 27.1. The topological polar surface area (TPSA) is 116 Å². The lowest BCUT2D eigenvalue weighted by Crippen LogP contribution is -2.54. The monoisotopic (exact) mass is 530 g/mol. The zero-order valence-electron chi connectivity index (χ0n) is 21.5. The van der Waals surface area contributed by atoms with E-state index in [4.69, 9.17) is 4.74 Å². The minimum absolute atomic E-state index is 0.0953. The fourth-order valence-corrected chi connectivity index (χ4v) is 6.04. The Balaban J connectivity index is 1.01. The van der Waals surface area contributed by atoms with E-state index in [0.29, 0.717) is 30.5 Å². The van der Waals surface area contributed by atoms with E-state index in [2.05, 4.69) is 10.2 Å². The molecule has 4 aliphatic heterocycles. The summed E-state index contributed by atoms with van der Waals surface area (Å²) in [6.07, 6.45) is 1.82. The van der Waals surface area contributed by atoms with Crippen molar-refractivity contribution in [1.29, 1.82) is 0 Å². The Morgan fingerprint density at radius 1 is 0.872 bits per heavy atom. The lowest BCUT2D eigenvalue weighted by molar-refractivity contribution is -0.136. The number of hydrogen-bond acceptors (Lipinski definition) is 7. The maximum Gasteiger partial charge on any atom is 0.410 e. The number of amides is 5. The van der Waals surface area contributed by atoms with Gasteiger partial charge in [-0.3, -0.25) is 29.4 Å². The highest BCUT2D eigenvalue weighted by molar-refractivity contribution is 6.23. The summed E-state index contributed by atoms with van der Waals surface area (Å²) in [6, 6.07) is 13.9. The van der Waals surface area contributed by atoms with E-state index in [-0.39, 0.29) is 31.1 Å². The first kappa shape index (κ1) is 25.1. The van der Waals surface area contributed by atoms with Crippen LogP contribution in [0.5, 0.6) is 0 Å². The number of likely N-dealkylation sites (tertiary alicyclic amines) is 1. The first-order valence-corrected chi connectivity index (χ1v) is 13.5. The third kappa shape index (κ3) is 4.75. The molecule has 5 amide bonds. The number of rotatable bonds is 5. The summed E-state index contributed by atoms with van der Waals surface area (Å²) in [5.74, 6) is -0.974. The van der Waals surface area contributed by atoms with Crippen LogP contribution >= 0.6 is 0 Å². The van der Waals surface area contributed by atoms with Crippen molar-refractivity contribution in [1.82, 2.24) is 15.1 Å². The standard InChI is InChI=1S/C29H30N4O6/c34-25-9-8-24(26(35)30-25)33-27(36)22-7-6-21(14-23(22)28(33)37)32-15-20(16-32)19-10-12-31(13-11-19)29(38)39-17-18-4-2-1-3-5-18/h1-7,14,19-20,24H,8-13,15-17H2,(H,30,34,35). The second kappa shape index (κ2) is 10.2. The van der Waals surface area contributed by atoms with Crippen molar-refractivity contribution < 1.29 is 28.7 Å². The van der Waals surface area contributed by atoms with Crippen molar-refractivity contribution in [3.05, 3.63) is 65.2 Å². The Labute approximate surface area is 225 Å². The minimum Gasteiger partial charge on any atom is -0.445 e. The van der Waals surface area contributed by atoms with Gasteiger partial charge in [0.15, 0.2) is 0 Å². The number of imide groups is 2. The van der Waals surface area contributed by atoms with Gasteiger partial charge in [0.25, 0.3) is 11.8 Å². The summed E-state index contributed by atoms with van der Waals surface area (Å²) in [6.45, 7) is 3.33. The molecule has 1 unspecified atom stereocenters. The molecule has 39 heavy (non-hydrogen) atoms. The number of nitrogens with one attached hydrogen (secondary N) is 1. The van der Waals surface area contributed by atoms with E-state index < -0.39 is 29.7 Å². The summed E-state index contributed by atoms with van der Waals surface area (Å²) < 4.78 is 5.47. The predicted molar refractivity (Wildman–Crippen MR) is 140 cm³/mol. The average molecular weight is 531 g/mol. The van der Waals surface area contributed by atoms with Crippen LogP contribution in [0.1, 0.15) is 52.0 Å². The molecule has 0 spiro atoms. The number of piperidine rings is 2. The Morgan fingerprint density at radius 2 is 1.59 bits per heavy atom. The van der Waals surface area contributed by atoms with Gasteiger partial charge in [-0.25, -0.2) is 4.79 Å². The quantitative estimate of drug-likeness (QED) is 0.591. The molecule has 0 radical (unpaired) electrons. The molecule has 0 bridgehead atoms. The molecule has 4 heterocycles. The van der Waals surface area contributed by atoms with Gasteiger partial charge in [-0.2, -0.15) is 0 Å². The smallest absolute Gasteiger partial charge is 0.410 e. The number of carbonyl (C=O) groups is 5. The second-order valence-electron chi connectivity index (χ2n) is 10.7. The van der Waals surface area contributed by atoms with Gasteiger partial charge in [-0.05, 0) is 54.9 Å². The molecule has 3 saturated heterocycles. The first-order valence-electron chi connectivity index (χ1n) is 13.5. The number of anilines is 1. The highest BCUT2D eigenvalue weighted by Crippen LogP contribution is 2.37. The predicted octanol–water partition coefficient (Wildman–Crippen LogP) is 2.57. The molecule has 1 atom stereocenters. The van der Waals surface area contributed by atoms with E-state index in [9.17, 15) is 24.0 Å². The van der Waals surface area contributed by atoms with E-state index >= 15 is 0 Å². The Morgan fingerprint density at radius 3 is 2.31 bits per heavy atom. The van der Waals surface area contributed by atoms with Gasteiger partial charge in [-0.15, -0.1) is 0 Å². The van der Waals surface area contributed by atoms with Gasteiger partial charge in [-0.1, -0.05) is 30.3 Å². The second-order valence-corrected chi connectivity index (χ2v) is 10.7. The van der Waals surface area contributed by atoms with E-state index in [1.165, 1.54) is 0 Å². The molecule has 10 heteroatoms. The summed E-state index contributed by atoms with van der Waals surface area (Å²) in [4.78, 5) is 67.3. The Hall–Kier alpha value is -4.21. The molecule has 6 rings (SSSR count). The number of nitrogens with zero attached hydrogens (tertiary/aromatic N) is 3. The average Bonchev–Trinajstić information content (AvgIpc) is 3.16. The van der Waals surface area contributed by atoms with Crippen LogP contribution < -0.4 is 10.2 Å². The van der Waals surface area contributed by atoms with E-state index in [0.717, 1.165) is 42.1 Å². The molecule has 4 aliphatic rings. The zero-order valence-corrected chi connectivity index (χ0v) is 21.5. The van der Waals surface area contributed by atoms with Gasteiger partial charge in [0.1, 0.15) is 12.6 Å². The third-order valence-electron chi connectivity index (χ3n) is 8.37. The lowest BCUT2D eigenvalue weighted by Gasteiger charge is -2.47. The molecule has 0 aliphatic carbocycles. The van der Waals surface area contributed by atoms with Crippen molar-refractivity contribution in [2.45, 2.75) is 38.3 Å². The molecule has 2 aromatic carbocycles. The van der Waals surface area contributed by atoms with Gasteiger partial charge < -0.3 is 14.5 Å². The van der Waals surface area contributed by atoms with Crippen molar-refractivity contribution in [2.24, 2.45) is 11.8 Å². The molecule has 0 saturated carbocycles. The number of ether oxygens (including phenoxy) is 1. The summed E-state index contributed by atoms with van der Waals surface area (Å²) in [5, 5.41) is 2.22. The number of carbonyl (C=O) groups excluding carboxylic acids is 5. The van der Waals surface area contributed by atoms with Crippen LogP contribution in [0.2, 0.25) is 0 Å². The normalized spacial score (nSPS) is 22.1. The minimum atomic E-state index is -0.964. The first-order chi connectivity index (χ1) is 18.9. The summed E-state index contributed by atoms with van der Waals surface area (Å²) in [5.41, 5.74) is 2.43. The van der Waals surface area contributed by atoms with Gasteiger partial charge in [0.2, 0.25) is 11.8 Å². The summed E-state index contributed by atoms with van der Waals surface area (Å²) in [7, 11) is 0. The lowest BCUT2D eigenvalue weighted by atomic mass is 9.79. The molecular weight excluding hydrogens is 500 g/mol. The molecule has 2 aromatic rings. The number of fused-ring (bicyclic) bond motifs is 1. The molecule has 202 valence electrons. The highest BCUT2D eigenvalue weighted by Gasteiger charge is 2.45. The van der Waals surface area contributed by atoms with Crippen molar-refractivity contribution in [3.63, 3.8) is 0 Å². The molecule has 10 nitrogen and oxygen atoms in total. The molecule has 1 N–H and O–H groups in total. The van der Waals surface area contributed by atoms with Crippen LogP contribution in [0, 0.1) is 11.8 Å². The van der Waals surface area contributed by atoms with Gasteiger partial charge in [0.05, 0.1) is 11.1 Å². The Kier molecular flexibility index (Phi) is 6.54. The summed E-state index contributed by atoms with van der Waals surface area (Å²) >= 11 is 0. The van der Waals surface area contributed by atoms with Crippen molar-refractivity contribution in [2.75, 3.05) is 31.1 Å². The van der Waals surface area contributed by atoms with Crippen LogP contribution in [0.15, 0.2) is 48.5 Å². The van der Waals surface area contributed by atoms with Crippen LogP contribution in [-0.2, 0) is 20.9 Å². The van der Waals surface area contributed by atoms with Gasteiger partial charge >= 0.3 is 6.09 Å². The Bertz CT molecular complexity index is 1330. The third-order valence-corrected chi connectivity index (χ3v) is 8.37. The fraction of sp³-hybridized carbons (Fsp3) is 0.414. The van der Waals surface area contributed by atoms with Crippen LogP contribution in [0.3, 0.4) is 0 Å². The maximum atomic E-state index is 13.1. The van der Waals surface area contributed by atoms with E-state index in [1.807, 2.05) is 36.4 Å². The molecular formula is C29H30N4O6. The van der Waals surface area contributed by atoms with Crippen LogP contribution in [0.25, 0.3) is 0 Å². The number of hydrogen-bond donors (Lipinski definition) is 1. The van der Waals surface area contributed by atoms with Crippen molar-refractivity contribution >= 4 is 35.4 Å².